The summed E-state index contributed by atoms with van der Waals surface area (Å²) in [6, 6.07) is 5.30. The van der Waals surface area contributed by atoms with Crippen molar-refractivity contribution in [2.45, 2.75) is 32.6 Å². The summed E-state index contributed by atoms with van der Waals surface area (Å²) in [7, 11) is 0. The van der Waals surface area contributed by atoms with Crippen LogP contribution >= 0.6 is 0 Å². The predicted octanol–water partition coefficient (Wildman–Crippen LogP) is 2.98. The van der Waals surface area contributed by atoms with E-state index in [-0.39, 0.29) is 17.0 Å². The molecular formula is C15H20N2O4. The Balaban J connectivity index is 2.02. The van der Waals surface area contributed by atoms with Crippen LogP contribution in [0.1, 0.15) is 31.2 Å². The smallest absolute Gasteiger partial charge is 0.303 e. The highest BCUT2D eigenvalue weighted by Crippen LogP contribution is 2.33. The number of carbonyl (C=O) groups is 1. The highest BCUT2D eigenvalue weighted by molar-refractivity contribution is 5.66. The van der Waals surface area contributed by atoms with Gasteiger partial charge in [0.05, 0.1) is 4.92 Å². The van der Waals surface area contributed by atoms with E-state index in [9.17, 15) is 14.9 Å². The maximum Gasteiger partial charge on any atom is 0.303 e. The molecule has 1 saturated heterocycles. The summed E-state index contributed by atoms with van der Waals surface area (Å²) in [6.07, 6.45) is 2.67. The van der Waals surface area contributed by atoms with Crippen molar-refractivity contribution < 1.29 is 14.8 Å². The Hall–Kier alpha value is -2.11. The average Bonchev–Trinajstić information content (AvgIpc) is 2.45. The van der Waals surface area contributed by atoms with Gasteiger partial charge in [0.2, 0.25) is 0 Å². The Bertz CT molecular complexity index is 536. The molecule has 0 amide bonds. The molecule has 0 aliphatic carbocycles. The molecular weight excluding hydrogens is 272 g/mol. The number of carboxylic acids is 1. The lowest BCUT2D eigenvalue weighted by molar-refractivity contribution is -0.384. The van der Waals surface area contributed by atoms with Crippen LogP contribution in [0.2, 0.25) is 0 Å². The summed E-state index contributed by atoms with van der Waals surface area (Å²) in [5, 5.41) is 19.9. The number of aryl methyl sites for hydroxylation is 1. The van der Waals surface area contributed by atoms with Gasteiger partial charge in [0.15, 0.2) is 0 Å². The number of carboxylic acid groups (broad SMARTS) is 1. The third-order valence-electron chi connectivity index (χ3n) is 4.05. The largest absolute Gasteiger partial charge is 0.481 e. The molecule has 1 aliphatic rings. The predicted molar refractivity (Wildman–Crippen MR) is 79.6 cm³/mol. The number of benzene rings is 1. The van der Waals surface area contributed by atoms with Crippen LogP contribution in [0.25, 0.3) is 0 Å². The Morgan fingerprint density at radius 3 is 2.67 bits per heavy atom. The number of rotatable bonds is 5. The molecule has 1 heterocycles. The second kappa shape index (κ2) is 6.56. The van der Waals surface area contributed by atoms with Crippen LogP contribution in [-0.2, 0) is 4.79 Å². The van der Waals surface area contributed by atoms with Crippen LogP contribution in [0.4, 0.5) is 11.4 Å². The van der Waals surface area contributed by atoms with E-state index in [2.05, 4.69) is 0 Å². The van der Waals surface area contributed by atoms with Crippen LogP contribution in [0.5, 0.6) is 0 Å². The summed E-state index contributed by atoms with van der Waals surface area (Å²) in [5.74, 6) is -0.353. The highest BCUT2D eigenvalue weighted by Gasteiger charge is 2.25. The minimum absolute atomic E-state index is 0.152. The van der Waals surface area contributed by atoms with Gasteiger partial charge in [-0.1, -0.05) is 6.07 Å². The van der Waals surface area contributed by atoms with Crippen molar-refractivity contribution in [1.82, 2.24) is 0 Å². The third-order valence-corrected chi connectivity index (χ3v) is 4.05. The van der Waals surface area contributed by atoms with Crippen LogP contribution in [0, 0.1) is 23.0 Å². The summed E-state index contributed by atoms with van der Waals surface area (Å²) in [4.78, 5) is 23.5. The van der Waals surface area contributed by atoms with E-state index in [1.165, 1.54) is 0 Å². The second-order valence-corrected chi connectivity index (χ2v) is 5.61. The van der Waals surface area contributed by atoms with Gasteiger partial charge >= 0.3 is 5.97 Å². The first-order valence-electron chi connectivity index (χ1n) is 7.19. The van der Waals surface area contributed by atoms with E-state index in [0.717, 1.165) is 31.5 Å². The molecule has 0 aromatic heterocycles. The zero-order valence-electron chi connectivity index (χ0n) is 12.1. The number of nitro benzene ring substituents is 1. The lowest BCUT2D eigenvalue weighted by atomic mass is 9.92. The van der Waals surface area contributed by atoms with Crippen LogP contribution in [0.15, 0.2) is 18.2 Å². The number of piperidine rings is 1. The lowest BCUT2D eigenvalue weighted by Gasteiger charge is -2.33. The fourth-order valence-electron chi connectivity index (χ4n) is 2.84. The summed E-state index contributed by atoms with van der Waals surface area (Å²) < 4.78 is 0. The van der Waals surface area contributed by atoms with Gasteiger partial charge in [-0.05, 0) is 43.7 Å². The minimum atomic E-state index is -0.758. The molecule has 21 heavy (non-hydrogen) atoms. The molecule has 1 aromatic carbocycles. The topological polar surface area (TPSA) is 83.7 Å². The van der Waals surface area contributed by atoms with Gasteiger partial charge in [0.25, 0.3) is 5.69 Å². The van der Waals surface area contributed by atoms with E-state index in [4.69, 9.17) is 5.11 Å². The van der Waals surface area contributed by atoms with Crippen molar-refractivity contribution >= 4 is 17.3 Å². The Labute approximate surface area is 123 Å². The Morgan fingerprint density at radius 2 is 2.10 bits per heavy atom. The zero-order valence-corrected chi connectivity index (χ0v) is 12.1. The monoisotopic (exact) mass is 292 g/mol. The van der Waals surface area contributed by atoms with Crippen molar-refractivity contribution in [2.24, 2.45) is 5.92 Å². The molecule has 0 atom stereocenters. The number of hydrogen-bond acceptors (Lipinski definition) is 4. The summed E-state index contributed by atoms with van der Waals surface area (Å²) in [6.45, 7) is 3.33. The van der Waals surface area contributed by atoms with E-state index < -0.39 is 5.97 Å². The average molecular weight is 292 g/mol. The van der Waals surface area contributed by atoms with Gasteiger partial charge < -0.3 is 10.0 Å². The molecule has 2 rings (SSSR count). The number of hydrogen-bond donors (Lipinski definition) is 1. The zero-order chi connectivity index (χ0) is 15.4. The summed E-state index contributed by atoms with van der Waals surface area (Å²) in [5.41, 5.74) is 1.70. The normalized spacial score (nSPS) is 16.0. The Kier molecular flexibility index (Phi) is 4.77. The molecule has 1 N–H and O–H groups in total. The van der Waals surface area contributed by atoms with Gasteiger partial charge in [0.1, 0.15) is 5.69 Å². The van der Waals surface area contributed by atoms with Gasteiger partial charge in [-0.25, -0.2) is 0 Å². The molecule has 0 spiro atoms. The first kappa shape index (κ1) is 15.3. The molecule has 0 unspecified atom stereocenters. The maximum atomic E-state index is 11.2. The first-order valence-corrected chi connectivity index (χ1v) is 7.19. The van der Waals surface area contributed by atoms with Gasteiger partial charge in [0, 0.05) is 25.6 Å². The van der Waals surface area contributed by atoms with E-state index >= 15 is 0 Å². The van der Waals surface area contributed by atoms with E-state index in [1.807, 2.05) is 24.0 Å². The first-order chi connectivity index (χ1) is 9.97. The lowest BCUT2D eigenvalue weighted by Crippen LogP contribution is -2.34. The van der Waals surface area contributed by atoms with Gasteiger partial charge in [-0.2, -0.15) is 0 Å². The number of nitro groups is 1. The molecule has 6 heteroatoms. The third kappa shape index (κ3) is 3.93. The minimum Gasteiger partial charge on any atom is -0.481 e. The van der Waals surface area contributed by atoms with Crippen LogP contribution < -0.4 is 4.90 Å². The Morgan fingerprint density at radius 1 is 1.43 bits per heavy atom. The SMILES string of the molecule is Cc1ccc(N2CCC(CCC(=O)O)CC2)c([N+](=O)[O-])c1. The van der Waals surface area contributed by atoms with Crippen molar-refractivity contribution in [2.75, 3.05) is 18.0 Å². The number of anilines is 1. The molecule has 6 nitrogen and oxygen atoms in total. The number of aliphatic carboxylic acids is 1. The van der Waals surface area contributed by atoms with Crippen molar-refractivity contribution in [3.8, 4) is 0 Å². The molecule has 1 aliphatic heterocycles. The number of nitrogens with zero attached hydrogens (tertiary/aromatic N) is 2. The fourth-order valence-corrected chi connectivity index (χ4v) is 2.84. The fraction of sp³-hybridized carbons (Fsp3) is 0.533. The highest BCUT2D eigenvalue weighted by atomic mass is 16.6. The van der Waals surface area contributed by atoms with Crippen molar-refractivity contribution in [3.63, 3.8) is 0 Å². The molecule has 0 saturated carbocycles. The van der Waals surface area contributed by atoms with Gasteiger partial charge in [-0.3, -0.25) is 14.9 Å². The van der Waals surface area contributed by atoms with Crippen molar-refractivity contribution in [3.05, 3.63) is 33.9 Å². The molecule has 1 aromatic rings. The quantitative estimate of drug-likeness (QED) is 0.666. The van der Waals surface area contributed by atoms with Crippen LogP contribution in [0.3, 0.4) is 0 Å². The van der Waals surface area contributed by atoms with E-state index in [1.54, 1.807) is 6.07 Å². The molecule has 0 radical (unpaired) electrons. The molecule has 114 valence electrons. The van der Waals surface area contributed by atoms with Gasteiger partial charge in [-0.15, -0.1) is 0 Å². The second-order valence-electron chi connectivity index (χ2n) is 5.61. The van der Waals surface area contributed by atoms with Crippen molar-refractivity contribution in [1.29, 1.82) is 0 Å². The van der Waals surface area contributed by atoms with Crippen LogP contribution in [-0.4, -0.2) is 29.1 Å². The van der Waals surface area contributed by atoms with E-state index in [0.29, 0.717) is 18.0 Å². The standard InChI is InChI=1S/C15H20N2O4/c1-11-2-4-13(14(10-11)17(20)21)16-8-6-12(7-9-16)3-5-15(18)19/h2,4,10,12H,3,5-9H2,1H3,(H,18,19). The summed E-state index contributed by atoms with van der Waals surface area (Å²) >= 11 is 0. The maximum absolute atomic E-state index is 11.2. The molecule has 0 bridgehead atoms. The molecule has 1 fully saturated rings.